The highest BCUT2D eigenvalue weighted by Crippen LogP contribution is 2.21. The Balaban J connectivity index is 1.38. The maximum atomic E-state index is 12.6. The zero-order valence-corrected chi connectivity index (χ0v) is 16.6. The van der Waals surface area contributed by atoms with Gasteiger partial charge in [-0.15, -0.1) is 0 Å². The van der Waals surface area contributed by atoms with E-state index >= 15 is 0 Å². The zero-order valence-electron chi connectivity index (χ0n) is 15.8. The van der Waals surface area contributed by atoms with Crippen LogP contribution in [0, 0.1) is 0 Å². The summed E-state index contributed by atoms with van der Waals surface area (Å²) in [6, 6.07) is 16.8. The molecule has 1 N–H and O–H groups in total. The molecule has 0 saturated carbocycles. The largest absolute Gasteiger partial charge is 0.334 e. The molecule has 0 saturated heterocycles. The van der Waals surface area contributed by atoms with Gasteiger partial charge >= 0.3 is 6.03 Å². The van der Waals surface area contributed by atoms with E-state index in [9.17, 15) is 13.2 Å². The van der Waals surface area contributed by atoms with Crippen LogP contribution in [0.25, 0.3) is 0 Å². The van der Waals surface area contributed by atoms with Crippen LogP contribution >= 0.6 is 0 Å². The Kier molecular flexibility index (Phi) is 5.31. The number of aromatic nitrogens is 1. The Morgan fingerprint density at radius 3 is 2.45 bits per heavy atom. The van der Waals surface area contributed by atoms with Gasteiger partial charge in [-0.2, -0.15) is 0 Å². The van der Waals surface area contributed by atoms with Gasteiger partial charge in [0.1, 0.15) is 0 Å². The molecular weight excluding hydrogens is 386 g/mol. The molecule has 6 nitrogen and oxygen atoms in total. The summed E-state index contributed by atoms with van der Waals surface area (Å²) in [7, 11) is -3.53. The Morgan fingerprint density at radius 2 is 1.69 bits per heavy atom. The van der Waals surface area contributed by atoms with Crippen molar-refractivity contribution in [2.24, 2.45) is 0 Å². The fraction of sp³-hybridized carbons (Fsp3) is 0.182. The predicted molar refractivity (Wildman–Crippen MR) is 109 cm³/mol. The number of benzene rings is 2. The number of nitrogens with zero attached hydrogens (tertiary/aromatic N) is 2. The first-order chi connectivity index (χ1) is 14.0. The van der Waals surface area contributed by atoms with Crippen LogP contribution in [0.15, 0.2) is 82.8 Å². The highest BCUT2D eigenvalue weighted by atomic mass is 32.2. The van der Waals surface area contributed by atoms with E-state index in [1.165, 1.54) is 5.56 Å². The van der Waals surface area contributed by atoms with E-state index in [0.717, 1.165) is 17.5 Å². The predicted octanol–water partition coefficient (Wildman–Crippen LogP) is 3.18. The average Bonchev–Trinajstić information content (AvgIpc) is 2.78. The van der Waals surface area contributed by atoms with E-state index in [4.69, 9.17) is 0 Å². The lowest BCUT2D eigenvalue weighted by Gasteiger charge is -2.28. The number of hydrogen-bond acceptors (Lipinski definition) is 4. The van der Waals surface area contributed by atoms with Crippen molar-refractivity contribution in [3.8, 4) is 0 Å². The molecule has 0 bridgehead atoms. The summed E-state index contributed by atoms with van der Waals surface area (Å²) >= 11 is 0. The number of amides is 2. The summed E-state index contributed by atoms with van der Waals surface area (Å²) in [5.41, 5.74) is 3.15. The Hall–Kier alpha value is -3.19. The smallest absolute Gasteiger partial charge is 0.317 e. The van der Waals surface area contributed by atoms with Crippen LogP contribution in [-0.2, 0) is 29.3 Å². The number of pyridine rings is 1. The molecule has 7 heteroatoms. The van der Waals surface area contributed by atoms with Crippen LogP contribution in [0.5, 0.6) is 0 Å². The first kappa shape index (κ1) is 19.1. The second kappa shape index (κ2) is 8.05. The number of fused-ring (bicyclic) bond motifs is 1. The normalized spacial score (nSPS) is 13.6. The second-order valence-corrected chi connectivity index (χ2v) is 8.88. The molecule has 29 heavy (non-hydrogen) atoms. The second-order valence-electron chi connectivity index (χ2n) is 6.94. The molecule has 1 aliphatic heterocycles. The molecule has 2 aromatic carbocycles. The number of carbonyl (C=O) groups is 1. The van der Waals surface area contributed by atoms with Crippen molar-refractivity contribution in [2.75, 3.05) is 6.54 Å². The van der Waals surface area contributed by atoms with Crippen molar-refractivity contribution < 1.29 is 13.2 Å². The lowest BCUT2D eigenvalue weighted by molar-refractivity contribution is 0.192. The van der Waals surface area contributed by atoms with Crippen LogP contribution < -0.4 is 5.32 Å². The molecule has 0 atom stereocenters. The van der Waals surface area contributed by atoms with Gasteiger partial charge in [0, 0.05) is 32.0 Å². The first-order valence-corrected chi connectivity index (χ1v) is 10.9. The molecule has 0 spiro atoms. The minimum Gasteiger partial charge on any atom is -0.334 e. The molecule has 1 aromatic heterocycles. The number of sulfone groups is 1. The van der Waals surface area contributed by atoms with Gasteiger partial charge in [-0.25, -0.2) is 13.2 Å². The minimum atomic E-state index is -3.53. The van der Waals surface area contributed by atoms with Crippen molar-refractivity contribution in [2.45, 2.75) is 29.3 Å². The molecule has 3 aromatic rings. The molecule has 0 radical (unpaired) electrons. The summed E-state index contributed by atoms with van der Waals surface area (Å²) < 4.78 is 25.3. The van der Waals surface area contributed by atoms with E-state index in [0.29, 0.717) is 19.6 Å². The van der Waals surface area contributed by atoms with Crippen molar-refractivity contribution in [3.05, 3.63) is 89.7 Å². The Bertz CT molecular complexity index is 1110. The number of urea groups is 1. The first-order valence-electron chi connectivity index (χ1n) is 9.38. The van der Waals surface area contributed by atoms with Gasteiger partial charge in [0.25, 0.3) is 0 Å². The molecule has 2 amide bonds. The average molecular weight is 407 g/mol. The molecule has 4 rings (SSSR count). The van der Waals surface area contributed by atoms with Crippen LogP contribution in [0.4, 0.5) is 4.79 Å². The van der Waals surface area contributed by atoms with Crippen LogP contribution in [0.3, 0.4) is 0 Å². The summed E-state index contributed by atoms with van der Waals surface area (Å²) in [5.74, 6) is 0. The van der Waals surface area contributed by atoms with Gasteiger partial charge in [-0.3, -0.25) is 4.98 Å². The molecule has 0 aliphatic carbocycles. The topological polar surface area (TPSA) is 79.4 Å². The van der Waals surface area contributed by atoms with Gasteiger partial charge in [-0.05, 0) is 53.4 Å². The van der Waals surface area contributed by atoms with Gasteiger partial charge < -0.3 is 10.2 Å². The van der Waals surface area contributed by atoms with Crippen molar-refractivity contribution in [1.82, 2.24) is 15.2 Å². The van der Waals surface area contributed by atoms with Crippen LogP contribution in [0.1, 0.15) is 16.7 Å². The molecule has 0 unspecified atom stereocenters. The van der Waals surface area contributed by atoms with Gasteiger partial charge in [-0.1, -0.05) is 30.3 Å². The maximum Gasteiger partial charge on any atom is 0.317 e. The summed E-state index contributed by atoms with van der Waals surface area (Å²) in [6.07, 6.45) is 4.40. The monoisotopic (exact) mass is 407 g/mol. The quantitative estimate of drug-likeness (QED) is 0.720. The highest BCUT2D eigenvalue weighted by Gasteiger charge is 2.21. The van der Waals surface area contributed by atoms with Crippen LogP contribution in [-0.4, -0.2) is 30.9 Å². The molecule has 2 heterocycles. The standard InChI is InChI=1S/C22H21N3O3S/c26-22(25-13-11-18-10-12-23-15-19(18)16-25)24-14-17-6-8-21(9-7-17)29(27,28)20-4-2-1-3-5-20/h1-10,12,15H,11,13-14,16H2,(H,24,26). The van der Waals surface area contributed by atoms with Crippen molar-refractivity contribution in [3.63, 3.8) is 0 Å². The third-order valence-electron chi connectivity index (χ3n) is 5.03. The molecular formula is C22H21N3O3S. The Labute approximate surface area is 170 Å². The number of carbonyl (C=O) groups excluding carboxylic acids is 1. The summed E-state index contributed by atoms with van der Waals surface area (Å²) in [5, 5.41) is 2.91. The third kappa shape index (κ3) is 4.14. The Morgan fingerprint density at radius 1 is 0.966 bits per heavy atom. The summed E-state index contributed by atoms with van der Waals surface area (Å²) in [4.78, 5) is 18.9. The van der Waals surface area contributed by atoms with E-state index < -0.39 is 9.84 Å². The fourth-order valence-corrected chi connectivity index (χ4v) is 4.65. The zero-order chi connectivity index (χ0) is 20.3. The molecule has 148 valence electrons. The van der Waals surface area contributed by atoms with Gasteiger partial charge in [0.2, 0.25) is 9.84 Å². The third-order valence-corrected chi connectivity index (χ3v) is 6.82. The summed E-state index contributed by atoms with van der Waals surface area (Å²) in [6.45, 7) is 1.54. The highest BCUT2D eigenvalue weighted by molar-refractivity contribution is 7.91. The fourth-order valence-electron chi connectivity index (χ4n) is 3.37. The lowest BCUT2D eigenvalue weighted by atomic mass is 10.0. The molecule has 1 aliphatic rings. The van der Waals surface area contributed by atoms with Gasteiger partial charge in [0.05, 0.1) is 9.79 Å². The van der Waals surface area contributed by atoms with E-state index in [-0.39, 0.29) is 15.8 Å². The number of nitrogens with one attached hydrogen (secondary N) is 1. The number of hydrogen-bond donors (Lipinski definition) is 1. The van der Waals surface area contributed by atoms with Crippen LogP contribution in [0.2, 0.25) is 0 Å². The maximum absolute atomic E-state index is 12.6. The number of rotatable bonds is 4. The lowest BCUT2D eigenvalue weighted by Crippen LogP contribution is -2.42. The minimum absolute atomic E-state index is 0.138. The SMILES string of the molecule is O=C(NCc1ccc(S(=O)(=O)c2ccccc2)cc1)N1CCc2ccncc2C1. The van der Waals surface area contributed by atoms with Gasteiger partial charge in [0.15, 0.2) is 0 Å². The van der Waals surface area contributed by atoms with Crippen molar-refractivity contribution in [1.29, 1.82) is 0 Å². The van der Waals surface area contributed by atoms with E-state index in [1.54, 1.807) is 71.9 Å². The van der Waals surface area contributed by atoms with E-state index in [2.05, 4.69) is 10.3 Å². The van der Waals surface area contributed by atoms with Crippen molar-refractivity contribution >= 4 is 15.9 Å². The molecule has 0 fully saturated rings. The van der Waals surface area contributed by atoms with E-state index in [1.807, 2.05) is 6.07 Å².